The van der Waals surface area contributed by atoms with Gasteiger partial charge in [-0.15, -0.1) is 0 Å². The lowest BCUT2D eigenvalue weighted by Crippen LogP contribution is -2.20. The fraction of sp³-hybridized carbons (Fsp3) is 1.00. The number of unbranched alkanes of at least 4 members (excludes halogenated alkanes) is 1. The largest absolute Gasteiger partial charge is 0.394 e. The summed E-state index contributed by atoms with van der Waals surface area (Å²) in [5, 5.41) is 20.7. The van der Waals surface area contributed by atoms with Crippen LogP contribution >= 0.6 is 0 Å². The Kier molecular flexibility index (Phi) is 9.80. The third-order valence-electron chi connectivity index (χ3n) is 1.83. The van der Waals surface area contributed by atoms with Crippen LogP contribution in [0.2, 0.25) is 0 Å². The molecule has 13 heavy (non-hydrogen) atoms. The average molecular weight is 191 g/mol. The van der Waals surface area contributed by atoms with E-state index >= 15 is 0 Å². The highest BCUT2D eigenvalue weighted by atomic mass is 16.5. The lowest BCUT2D eigenvalue weighted by atomic mass is 10.1. The molecule has 1 atom stereocenters. The zero-order valence-corrected chi connectivity index (χ0v) is 8.33. The Morgan fingerprint density at radius 2 is 2.08 bits per heavy atom. The molecule has 4 heteroatoms. The fourth-order valence-electron chi connectivity index (χ4n) is 1.02. The Balaban J connectivity index is 2.91. The average Bonchev–Trinajstić information content (AvgIpc) is 2.16. The van der Waals surface area contributed by atoms with E-state index in [2.05, 4.69) is 5.32 Å². The number of hydrogen-bond acceptors (Lipinski definition) is 4. The maximum atomic E-state index is 9.01. The van der Waals surface area contributed by atoms with Crippen molar-refractivity contribution in [3.8, 4) is 0 Å². The van der Waals surface area contributed by atoms with Gasteiger partial charge in [-0.25, -0.2) is 0 Å². The second-order valence-electron chi connectivity index (χ2n) is 3.07. The van der Waals surface area contributed by atoms with Crippen LogP contribution in [0.5, 0.6) is 0 Å². The minimum Gasteiger partial charge on any atom is -0.394 e. The molecule has 0 aliphatic rings. The number of methoxy groups -OCH3 is 1. The molecule has 0 aliphatic heterocycles. The highest BCUT2D eigenvalue weighted by Crippen LogP contribution is 1.98. The van der Waals surface area contributed by atoms with Gasteiger partial charge < -0.3 is 20.3 Å². The van der Waals surface area contributed by atoms with E-state index in [1.807, 2.05) is 0 Å². The maximum absolute atomic E-state index is 9.01. The number of aliphatic hydroxyl groups excluding tert-OH is 2. The highest BCUT2D eigenvalue weighted by Gasteiger charge is 1.99. The molecule has 0 spiro atoms. The van der Waals surface area contributed by atoms with Crippen LogP contribution in [-0.4, -0.2) is 49.7 Å². The number of rotatable bonds is 9. The van der Waals surface area contributed by atoms with Gasteiger partial charge in [-0.05, 0) is 25.8 Å². The lowest BCUT2D eigenvalue weighted by Gasteiger charge is -2.06. The Bertz CT molecular complexity index is 101. The number of hydrogen-bond donors (Lipinski definition) is 3. The summed E-state index contributed by atoms with van der Waals surface area (Å²) in [6.07, 6.45) is 2.12. The first kappa shape index (κ1) is 12.8. The van der Waals surface area contributed by atoms with Gasteiger partial charge in [0.15, 0.2) is 0 Å². The molecule has 0 heterocycles. The number of nitrogens with one attached hydrogen (secondary N) is 1. The van der Waals surface area contributed by atoms with Crippen molar-refractivity contribution in [2.24, 2.45) is 0 Å². The van der Waals surface area contributed by atoms with Crippen molar-refractivity contribution >= 4 is 0 Å². The summed E-state index contributed by atoms with van der Waals surface area (Å²) in [7, 11) is 1.68. The minimum absolute atomic E-state index is 0.128. The van der Waals surface area contributed by atoms with Crippen molar-refractivity contribution in [3.05, 3.63) is 0 Å². The first-order valence-electron chi connectivity index (χ1n) is 4.79. The minimum atomic E-state index is -0.543. The van der Waals surface area contributed by atoms with Crippen LogP contribution in [0.4, 0.5) is 0 Å². The van der Waals surface area contributed by atoms with E-state index in [9.17, 15) is 0 Å². The second-order valence-corrected chi connectivity index (χ2v) is 3.07. The zero-order valence-electron chi connectivity index (χ0n) is 8.33. The van der Waals surface area contributed by atoms with Gasteiger partial charge in [0, 0.05) is 13.7 Å². The SMILES string of the molecule is COCCNCCCCC(O)CO. The van der Waals surface area contributed by atoms with Crippen LogP contribution in [0.1, 0.15) is 19.3 Å². The van der Waals surface area contributed by atoms with E-state index < -0.39 is 6.10 Å². The van der Waals surface area contributed by atoms with Gasteiger partial charge >= 0.3 is 0 Å². The van der Waals surface area contributed by atoms with Crippen LogP contribution < -0.4 is 5.32 Å². The van der Waals surface area contributed by atoms with Gasteiger partial charge in [0.25, 0.3) is 0 Å². The van der Waals surface area contributed by atoms with Crippen LogP contribution in [0, 0.1) is 0 Å². The summed E-state index contributed by atoms with van der Waals surface area (Å²) in [6, 6.07) is 0. The standard InChI is InChI=1S/C9H21NO3/c1-13-7-6-10-5-3-2-4-9(12)8-11/h9-12H,2-8H2,1H3. The predicted octanol–water partition coefficient (Wildman–Crippen LogP) is -0.254. The van der Waals surface area contributed by atoms with Crippen molar-refractivity contribution in [3.63, 3.8) is 0 Å². The van der Waals surface area contributed by atoms with Crippen molar-refractivity contribution < 1.29 is 14.9 Å². The quantitative estimate of drug-likeness (QED) is 0.440. The summed E-state index contributed by atoms with van der Waals surface area (Å²) >= 11 is 0. The summed E-state index contributed by atoms with van der Waals surface area (Å²) < 4.78 is 4.87. The zero-order chi connectivity index (χ0) is 9.94. The third kappa shape index (κ3) is 9.76. The molecule has 0 amide bonds. The number of ether oxygens (including phenoxy) is 1. The lowest BCUT2D eigenvalue weighted by molar-refractivity contribution is 0.0861. The summed E-state index contributed by atoms with van der Waals surface area (Å²) in [5.41, 5.74) is 0. The molecule has 3 N–H and O–H groups in total. The number of aliphatic hydroxyl groups is 2. The molecule has 80 valence electrons. The molecule has 0 aliphatic carbocycles. The molecule has 0 aromatic rings. The molecule has 0 saturated heterocycles. The topological polar surface area (TPSA) is 61.7 Å². The van der Waals surface area contributed by atoms with E-state index in [1.165, 1.54) is 0 Å². The molecule has 0 bridgehead atoms. The van der Waals surface area contributed by atoms with Crippen molar-refractivity contribution in [2.75, 3.05) is 33.4 Å². The van der Waals surface area contributed by atoms with Gasteiger partial charge in [0.2, 0.25) is 0 Å². The van der Waals surface area contributed by atoms with E-state index in [1.54, 1.807) is 7.11 Å². The molecule has 0 rings (SSSR count). The monoisotopic (exact) mass is 191 g/mol. The molecular formula is C9H21NO3. The van der Waals surface area contributed by atoms with Gasteiger partial charge in [-0.2, -0.15) is 0 Å². The van der Waals surface area contributed by atoms with Crippen LogP contribution in [0.25, 0.3) is 0 Å². The second kappa shape index (κ2) is 9.92. The first-order chi connectivity index (χ1) is 6.31. The van der Waals surface area contributed by atoms with Crippen LogP contribution in [0.3, 0.4) is 0 Å². The molecule has 0 saturated carbocycles. The molecule has 0 aromatic carbocycles. The smallest absolute Gasteiger partial charge is 0.0770 e. The fourth-order valence-corrected chi connectivity index (χ4v) is 1.02. The van der Waals surface area contributed by atoms with E-state index in [4.69, 9.17) is 14.9 Å². The van der Waals surface area contributed by atoms with Crippen molar-refractivity contribution in [2.45, 2.75) is 25.4 Å². The molecule has 1 unspecified atom stereocenters. The van der Waals surface area contributed by atoms with Gasteiger partial charge in [-0.3, -0.25) is 0 Å². The van der Waals surface area contributed by atoms with E-state index in [0.717, 1.165) is 32.5 Å². The predicted molar refractivity (Wildman–Crippen MR) is 51.7 cm³/mol. The Hall–Kier alpha value is -0.160. The van der Waals surface area contributed by atoms with Gasteiger partial charge in [0.1, 0.15) is 0 Å². The summed E-state index contributed by atoms with van der Waals surface area (Å²) in [6.45, 7) is 2.43. The van der Waals surface area contributed by atoms with Crippen LogP contribution in [-0.2, 0) is 4.74 Å². The molecular weight excluding hydrogens is 170 g/mol. The molecule has 0 radical (unpaired) electrons. The van der Waals surface area contributed by atoms with Crippen molar-refractivity contribution in [1.29, 1.82) is 0 Å². The molecule has 0 aromatic heterocycles. The van der Waals surface area contributed by atoms with E-state index in [-0.39, 0.29) is 6.61 Å². The Labute approximate surface area is 79.9 Å². The third-order valence-corrected chi connectivity index (χ3v) is 1.83. The van der Waals surface area contributed by atoms with Gasteiger partial charge in [-0.1, -0.05) is 0 Å². The Morgan fingerprint density at radius 1 is 1.31 bits per heavy atom. The first-order valence-corrected chi connectivity index (χ1v) is 4.79. The summed E-state index contributed by atoms with van der Waals surface area (Å²) in [4.78, 5) is 0. The van der Waals surface area contributed by atoms with Crippen molar-refractivity contribution in [1.82, 2.24) is 5.32 Å². The summed E-state index contributed by atoms with van der Waals surface area (Å²) in [5.74, 6) is 0. The maximum Gasteiger partial charge on any atom is 0.0770 e. The normalized spacial score (nSPS) is 13.2. The molecule has 4 nitrogen and oxygen atoms in total. The molecule has 0 fully saturated rings. The van der Waals surface area contributed by atoms with Crippen LogP contribution in [0.15, 0.2) is 0 Å². The highest BCUT2D eigenvalue weighted by molar-refractivity contribution is 4.54. The van der Waals surface area contributed by atoms with E-state index in [0.29, 0.717) is 6.42 Å². The Morgan fingerprint density at radius 3 is 2.69 bits per heavy atom. The van der Waals surface area contributed by atoms with Gasteiger partial charge in [0.05, 0.1) is 19.3 Å².